The first-order valence-electron chi connectivity index (χ1n) is 5.30. The molecule has 0 unspecified atom stereocenters. The van der Waals surface area contributed by atoms with Crippen molar-refractivity contribution in [1.29, 1.82) is 0 Å². The zero-order chi connectivity index (χ0) is 12.3. The SMILES string of the molecule is CNCc1ccnn1Cc1ccc(F)c(F)c1. The first kappa shape index (κ1) is 11.7. The maximum atomic E-state index is 13.0. The molecule has 0 aliphatic heterocycles. The number of nitrogens with zero attached hydrogens (tertiary/aromatic N) is 2. The van der Waals surface area contributed by atoms with Gasteiger partial charge in [-0.25, -0.2) is 8.78 Å². The smallest absolute Gasteiger partial charge is 0.159 e. The van der Waals surface area contributed by atoms with E-state index in [1.807, 2.05) is 13.1 Å². The third kappa shape index (κ3) is 2.68. The number of halogens is 2. The van der Waals surface area contributed by atoms with Crippen LogP contribution in [0.4, 0.5) is 8.78 Å². The molecule has 3 nitrogen and oxygen atoms in total. The number of hydrogen-bond acceptors (Lipinski definition) is 2. The fraction of sp³-hybridized carbons (Fsp3) is 0.250. The van der Waals surface area contributed by atoms with Gasteiger partial charge in [0, 0.05) is 12.7 Å². The average molecular weight is 237 g/mol. The van der Waals surface area contributed by atoms with Gasteiger partial charge in [-0.15, -0.1) is 0 Å². The Kier molecular flexibility index (Phi) is 3.49. The number of benzene rings is 1. The van der Waals surface area contributed by atoms with E-state index in [0.29, 0.717) is 18.7 Å². The number of hydrogen-bond donors (Lipinski definition) is 1. The van der Waals surface area contributed by atoms with E-state index >= 15 is 0 Å². The topological polar surface area (TPSA) is 29.9 Å². The molecule has 0 fully saturated rings. The molecule has 2 rings (SSSR count). The molecule has 0 radical (unpaired) electrons. The zero-order valence-electron chi connectivity index (χ0n) is 9.45. The van der Waals surface area contributed by atoms with Crippen molar-refractivity contribution in [3.63, 3.8) is 0 Å². The summed E-state index contributed by atoms with van der Waals surface area (Å²) in [7, 11) is 1.84. The van der Waals surface area contributed by atoms with Gasteiger partial charge < -0.3 is 5.32 Å². The molecule has 5 heteroatoms. The van der Waals surface area contributed by atoms with Crippen LogP contribution in [0.1, 0.15) is 11.3 Å². The molecule has 2 aromatic rings. The summed E-state index contributed by atoms with van der Waals surface area (Å²) in [5.41, 5.74) is 1.68. The Labute approximate surface area is 98.1 Å². The lowest BCUT2D eigenvalue weighted by Crippen LogP contribution is -2.13. The average Bonchev–Trinajstić information content (AvgIpc) is 2.72. The molecule has 1 heterocycles. The third-order valence-electron chi connectivity index (χ3n) is 2.48. The van der Waals surface area contributed by atoms with E-state index in [1.54, 1.807) is 16.9 Å². The molecule has 0 saturated heterocycles. The van der Waals surface area contributed by atoms with Crippen molar-refractivity contribution in [2.45, 2.75) is 13.1 Å². The van der Waals surface area contributed by atoms with E-state index in [0.717, 1.165) is 11.8 Å². The summed E-state index contributed by atoms with van der Waals surface area (Å²) in [6, 6.07) is 5.77. The van der Waals surface area contributed by atoms with Crippen LogP contribution < -0.4 is 5.32 Å². The second-order valence-electron chi connectivity index (χ2n) is 3.76. The van der Waals surface area contributed by atoms with Gasteiger partial charge in [-0.3, -0.25) is 4.68 Å². The second kappa shape index (κ2) is 5.05. The van der Waals surface area contributed by atoms with Crippen molar-refractivity contribution < 1.29 is 8.78 Å². The zero-order valence-corrected chi connectivity index (χ0v) is 9.45. The normalized spacial score (nSPS) is 10.8. The summed E-state index contributed by atoms with van der Waals surface area (Å²) in [6.07, 6.45) is 1.69. The van der Waals surface area contributed by atoms with Gasteiger partial charge in [0.2, 0.25) is 0 Å². The minimum absolute atomic E-state index is 0.432. The lowest BCUT2D eigenvalue weighted by atomic mass is 10.2. The van der Waals surface area contributed by atoms with Crippen molar-refractivity contribution in [1.82, 2.24) is 15.1 Å². The molecule has 0 aliphatic carbocycles. The Morgan fingerprint density at radius 1 is 1.24 bits per heavy atom. The molecule has 0 amide bonds. The van der Waals surface area contributed by atoms with Crippen LogP contribution in [0.3, 0.4) is 0 Å². The Morgan fingerprint density at radius 3 is 2.76 bits per heavy atom. The first-order chi connectivity index (χ1) is 8.20. The van der Waals surface area contributed by atoms with Crippen molar-refractivity contribution in [2.24, 2.45) is 0 Å². The van der Waals surface area contributed by atoms with Crippen LogP contribution in [0.15, 0.2) is 30.5 Å². The van der Waals surface area contributed by atoms with Crippen LogP contribution in [-0.4, -0.2) is 16.8 Å². The fourth-order valence-electron chi connectivity index (χ4n) is 1.64. The Morgan fingerprint density at radius 2 is 2.06 bits per heavy atom. The molecule has 0 saturated carbocycles. The van der Waals surface area contributed by atoms with Crippen molar-refractivity contribution in [3.05, 3.63) is 53.4 Å². The molecule has 0 spiro atoms. The van der Waals surface area contributed by atoms with Gasteiger partial charge in [-0.1, -0.05) is 6.07 Å². The summed E-state index contributed by atoms with van der Waals surface area (Å²) in [4.78, 5) is 0. The molecular weight excluding hydrogens is 224 g/mol. The fourth-order valence-corrected chi connectivity index (χ4v) is 1.64. The lowest BCUT2D eigenvalue weighted by molar-refractivity contribution is 0.505. The van der Waals surface area contributed by atoms with Crippen molar-refractivity contribution in [2.75, 3.05) is 7.05 Å². The van der Waals surface area contributed by atoms with Crippen molar-refractivity contribution in [3.8, 4) is 0 Å². The predicted octanol–water partition coefficient (Wildman–Crippen LogP) is 1.93. The maximum Gasteiger partial charge on any atom is 0.159 e. The predicted molar refractivity (Wildman–Crippen MR) is 60.5 cm³/mol. The van der Waals surface area contributed by atoms with Crippen LogP contribution in [0.5, 0.6) is 0 Å². The van der Waals surface area contributed by atoms with Crippen LogP contribution in [0.2, 0.25) is 0 Å². The molecule has 1 N–H and O–H groups in total. The molecule has 0 bridgehead atoms. The van der Waals surface area contributed by atoms with Gasteiger partial charge in [0.25, 0.3) is 0 Å². The summed E-state index contributed by atoms with van der Waals surface area (Å²) >= 11 is 0. The lowest BCUT2D eigenvalue weighted by Gasteiger charge is -2.07. The summed E-state index contributed by atoms with van der Waals surface area (Å²) < 4.78 is 27.6. The quantitative estimate of drug-likeness (QED) is 0.880. The van der Waals surface area contributed by atoms with Crippen LogP contribution >= 0.6 is 0 Å². The summed E-state index contributed by atoms with van der Waals surface area (Å²) in [6.45, 7) is 1.12. The summed E-state index contributed by atoms with van der Waals surface area (Å²) in [5, 5.41) is 7.16. The number of nitrogens with one attached hydrogen (secondary N) is 1. The standard InChI is InChI=1S/C12H13F2N3/c1-15-7-10-4-5-16-17(10)8-9-2-3-11(13)12(14)6-9/h2-6,15H,7-8H2,1H3. The highest BCUT2D eigenvalue weighted by atomic mass is 19.2. The summed E-state index contributed by atoms with van der Waals surface area (Å²) in [5.74, 6) is -1.66. The van der Waals surface area contributed by atoms with E-state index in [4.69, 9.17) is 0 Å². The minimum Gasteiger partial charge on any atom is -0.314 e. The van der Waals surface area contributed by atoms with Gasteiger partial charge >= 0.3 is 0 Å². The molecular formula is C12H13F2N3. The highest BCUT2D eigenvalue weighted by Crippen LogP contribution is 2.11. The number of rotatable bonds is 4. The van der Waals surface area contributed by atoms with Gasteiger partial charge in [0.05, 0.1) is 12.2 Å². The van der Waals surface area contributed by atoms with Gasteiger partial charge in [0.1, 0.15) is 0 Å². The monoisotopic (exact) mass is 237 g/mol. The highest BCUT2D eigenvalue weighted by Gasteiger charge is 2.05. The third-order valence-corrected chi connectivity index (χ3v) is 2.48. The Balaban J connectivity index is 2.19. The minimum atomic E-state index is -0.829. The molecule has 1 aromatic heterocycles. The highest BCUT2D eigenvalue weighted by molar-refractivity contribution is 5.18. The maximum absolute atomic E-state index is 13.0. The van der Waals surface area contributed by atoms with Gasteiger partial charge in [-0.05, 0) is 30.8 Å². The van der Waals surface area contributed by atoms with Crippen molar-refractivity contribution >= 4 is 0 Å². The van der Waals surface area contributed by atoms with E-state index in [-0.39, 0.29) is 0 Å². The molecule has 90 valence electrons. The largest absolute Gasteiger partial charge is 0.314 e. The van der Waals surface area contributed by atoms with Gasteiger partial charge in [0.15, 0.2) is 11.6 Å². The van der Waals surface area contributed by atoms with E-state index in [2.05, 4.69) is 10.4 Å². The Hall–Kier alpha value is -1.75. The first-order valence-corrected chi connectivity index (χ1v) is 5.30. The molecule has 0 aliphatic rings. The molecule has 0 atom stereocenters. The van der Waals surface area contributed by atoms with Gasteiger partial charge in [-0.2, -0.15) is 5.10 Å². The molecule has 17 heavy (non-hydrogen) atoms. The molecule has 1 aromatic carbocycles. The van der Waals surface area contributed by atoms with Crippen LogP contribution in [0, 0.1) is 11.6 Å². The van der Waals surface area contributed by atoms with E-state index < -0.39 is 11.6 Å². The van der Waals surface area contributed by atoms with Crippen LogP contribution in [0.25, 0.3) is 0 Å². The number of aromatic nitrogens is 2. The van der Waals surface area contributed by atoms with E-state index in [9.17, 15) is 8.78 Å². The Bertz CT molecular complexity index is 508. The second-order valence-corrected chi connectivity index (χ2v) is 3.76. The van der Waals surface area contributed by atoms with E-state index in [1.165, 1.54) is 6.07 Å². The van der Waals surface area contributed by atoms with Crippen LogP contribution in [-0.2, 0) is 13.1 Å².